The second-order valence-electron chi connectivity index (χ2n) is 6.26. The standard InChI is InChI=1S/C17H18F2N4O/c1-17(2,20)9-24-13-6-5-12(23-14(13)15(18)19)11-8-22-16-10(11)4-3-7-21-16/h3-8,15H,9,20H2,1-2H3,(H,21,22). The van der Waals surface area contributed by atoms with Crippen molar-refractivity contribution in [3.8, 4) is 17.0 Å². The van der Waals surface area contributed by atoms with E-state index in [9.17, 15) is 8.78 Å². The van der Waals surface area contributed by atoms with E-state index in [2.05, 4.69) is 15.0 Å². The number of nitrogens with one attached hydrogen (secondary N) is 1. The van der Waals surface area contributed by atoms with Gasteiger partial charge in [0.05, 0.1) is 5.69 Å². The van der Waals surface area contributed by atoms with Gasteiger partial charge in [-0.15, -0.1) is 0 Å². The molecule has 0 atom stereocenters. The molecule has 0 bridgehead atoms. The van der Waals surface area contributed by atoms with Gasteiger partial charge in [0.15, 0.2) is 0 Å². The average molecular weight is 332 g/mol. The smallest absolute Gasteiger partial charge is 0.284 e. The molecular weight excluding hydrogens is 314 g/mol. The van der Waals surface area contributed by atoms with Crippen molar-refractivity contribution < 1.29 is 13.5 Å². The maximum atomic E-state index is 13.4. The van der Waals surface area contributed by atoms with Gasteiger partial charge in [-0.1, -0.05) is 0 Å². The van der Waals surface area contributed by atoms with Crippen molar-refractivity contribution in [3.05, 3.63) is 42.4 Å². The number of nitrogens with zero attached hydrogens (tertiary/aromatic N) is 2. The van der Waals surface area contributed by atoms with Crippen LogP contribution in [-0.2, 0) is 0 Å². The molecule has 0 spiro atoms. The van der Waals surface area contributed by atoms with Crippen LogP contribution in [-0.4, -0.2) is 27.1 Å². The van der Waals surface area contributed by atoms with Gasteiger partial charge in [0, 0.05) is 28.9 Å². The number of hydrogen-bond donors (Lipinski definition) is 2. The highest BCUT2D eigenvalue weighted by atomic mass is 19.3. The number of nitrogens with two attached hydrogens (primary N) is 1. The number of aromatic amines is 1. The molecule has 3 aromatic rings. The third-order valence-electron chi connectivity index (χ3n) is 3.42. The number of H-pyrrole nitrogens is 1. The molecule has 0 radical (unpaired) electrons. The fourth-order valence-electron chi connectivity index (χ4n) is 2.32. The van der Waals surface area contributed by atoms with Crippen LogP contribution < -0.4 is 10.5 Å². The Labute approximate surface area is 137 Å². The van der Waals surface area contributed by atoms with Crippen molar-refractivity contribution in [2.45, 2.75) is 25.8 Å². The Morgan fingerprint density at radius 2 is 2.08 bits per heavy atom. The van der Waals surface area contributed by atoms with Crippen LogP contribution in [0.2, 0.25) is 0 Å². The number of rotatable bonds is 5. The molecule has 3 rings (SSSR count). The van der Waals surface area contributed by atoms with Gasteiger partial charge in [0.2, 0.25) is 0 Å². The molecular formula is C17H18F2N4O. The first-order valence-corrected chi connectivity index (χ1v) is 7.48. The summed E-state index contributed by atoms with van der Waals surface area (Å²) >= 11 is 0. The summed E-state index contributed by atoms with van der Waals surface area (Å²) in [4.78, 5) is 11.3. The highest BCUT2D eigenvalue weighted by Crippen LogP contribution is 2.33. The Hall–Kier alpha value is -2.54. The lowest BCUT2D eigenvalue weighted by Crippen LogP contribution is -2.38. The predicted octanol–water partition coefficient (Wildman–Crippen LogP) is 3.68. The minimum Gasteiger partial charge on any atom is -0.490 e. The minimum absolute atomic E-state index is 0.0465. The number of fused-ring (bicyclic) bond motifs is 1. The number of pyridine rings is 2. The molecule has 3 heterocycles. The fourth-order valence-corrected chi connectivity index (χ4v) is 2.32. The van der Waals surface area contributed by atoms with Crippen LogP contribution >= 0.6 is 0 Å². The average Bonchev–Trinajstić information content (AvgIpc) is 2.96. The molecule has 5 nitrogen and oxygen atoms in total. The topological polar surface area (TPSA) is 76.8 Å². The molecule has 126 valence electrons. The van der Waals surface area contributed by atoms with Crippen molar-refractivity contribution in [2.75, 3.05) is 6.61 Å². The van der Waals surface area contributed by atoms with Crippen molar-refractivity contribution in [1.29, 1.82) is 0 Å². The lowest BCUT2D eigenvalue weighted by Gasteiger charge is -2.20. The second-order valence-corrected chi connectivity index (χ2v) is 6.26. The molecule has 24 heavy (non-hydrogen) atoms. The summed E-state index contributed by atoms with van der Waals surface area (Å²) in [5, 5.41) is 0.821. The molecule has 0 aliphatic rings. The van der Waals surface area contributed by atoms with E-state index in [-0.39, 0.29) is 12.4 Å². The fraction of sp³-hybridized carbons (Fsp3) is 0.294. The van der Waals surface area contributed by atoms with Gasteiger partial charge >= 0.3 is 0 Å². The first-order chi connectivity index (χ1) is 11.3. The molecule has 0 aromatic carbocycles. The monoisotopic (exact) mass is 332 g/mol. The van der Waals surface area contributed by atoms with Crippen molar-refractivity contribution >= 4 is 11.0 Å². The molecule has 3 aromatic heterocycles. The van der Waals surface area contributed by atoms with Crippen LogP contribution in [0.3, 0.4) is 0 Å². The van der Waals surface area contributed by atoms with Gasteiger partial charge in [0.25, 0.3) is 6.43 Å². The van der Waals surface area contributed by atoms with E-state index in [0.717, 1.165) is 5.39 Å². The predicted molar refractivity (Wildman–Crippen MR) is 88.0 cm³/mol. The van der Waals surface area contributed by atoms with Crippen LogP contribution in [0.15, 0.2) is 36.7 Å². The first-order valence-electron chi connectivity index (χ1n) is 7.48. The molecule has 0 saturated heterocycles. The normalized spacial score (nSPS) is 12.1. The van der Waals surface area contributed by atoms with E-state index in [4.69, 9.17) is 10.5 Å². The molecule has 0 fully saturated rings. The van der Waals surface area contributed by atoms with Gasteiger partial charge < -0.3 is 15.5 Å². The first kappa shape index (κ1) is 16.3. The molecule has 0 saturated carbocycles. The lowest BCUT2D eigenvalue weighted by molar-refractivity contribution is 0.137. The van der Waals surface area contributed by atoms with E-state index in [1.165, 1.54) is 6.07 Å². The van der Waals surface area contributed by atoms with Gasteiger partial charge in [-0.2, -0.15) is 0 Å². The van der Waals surface area contributed by atoms with Gasteiger partial charge in [-0.05, 0) is 38.1 Å². The third-order valence-corrected chi connectivity index (χ3v) is 3.42. The van der Waals surface area contributed by atoms with Gasteiger partial charge in [-0.3, -0.25) is 0 Å². The summed E-state index contributed by atoms with van der Waals surface area (Å²) in [7, 11) is 0. The number of aromatic nitrogens is 3. The zero-order valence-electron chi connectivity index (χ0n) is 13.4. The third kappa shape index (κ3) is 3.35. The van der Waals surface area contributed by atoms with Crippen LogP contribution in [0.4, 0.5) is 8.78 Å². The molecule has 3 N–H and O–H groups in total. The number of halogens is 2. The maximum Gasteiger partial charge on any atom is 0.284 e. The number of ether oxygens (including phenoxy) is 1. The highest BCUT2D eigenvalue weighted by molar-refractivity contribution is 5.92. The summed E-state index contributed by atoms with van der Waals surface area (Å²) in [5.41, 5.74) is 6.64. The Bertz CT molecular complexity index is 855. The maximum absolute atomic E-state index is 13.4. The summed E-state index contributed by atoms with van der Waals surface area (Å²) in [6.45, 7) is 3.64. The van der Waals surface area contributed by atoms with Crippen molar-refractivity contribution in [2.24, 2.45) is 5.73 Å². The molecule has 0 aliphatic carbocycles. The molecule has 0 unspecified atom stereocenters. The van der Waals surface area contributed by atoms with Gasteiger partial charge in [-0.25, -0.2) is 18.7 Å². The van der Waals surface area contributed by atoms with E-state index in [1.54, 1.807) is 38.4 Å². The van der Waals surface area contributed by atoms with E-state index in [0.29, 0.717) is 16.9 Å². The van der Waals surface area contributed by atoms with Gasteiger partial charge in [0.1, 0.15) is 23.7 Å². The Morgan fingerprint density at radius 3 is 2.79 bits per heavy atom. The lowest BCUT2D eigenvalue weighted by atomic mass is 10.1. The zero-order valence-corrected chi connectivity index (χ0v) is 13.4. The second kappa shape index (κ2) is 6.16. The van der Waals surface area contributed by atoms with Crippen molar-refractivity contribution in [3.63, 3.8) is 0 Å². The Balaban J connectivity index is 2.00. The largest absolute Gasteiger partial charge is 0.490 e. The van der Waals surface area contributed by atoms with Crippen LogP contribution in [0, 0.1) is 0 Å². The summed E-state index contributed by atoms with van der Waals surface area (Å²) in [6, 6.07) is 6.80. The summed E-state index contributed by atoms with van der Waals surface area (Å²) in [5.74, 6) is 0.0465. The van der Waals surface area contributed by atoms with Crippen LogP contribution in [0.25, 0.3) is 22.3 Å². The van der Waals surface area contributed by atoms with E-state index >= 15 is 0 Å². The molecule has 0 aliphatic heterocycles. The van der Waals surface area contributed by atoms with Crippen molar-refractivity contribution in [1.82, 2.24) is 15.0 Å². The minimum atomic E-state index is -2.75. The Morgan fingerprint density at radius 1 is 1.29 bits per heavy atom. The molecule has 7 heteroatoms. The van der Waals surface area contributed by atoms with E-state index < -0.39 is 17.7 Å². The quantitative estimate of drug-likeness (QED) is 0.747. The zero-order chi connectivity index (χ0) is 17.3. The number of alkyl halides is 2. The summed E-state index contributed by atoms with van der Waals surface area (Å²) in [6.07, 6.45) is 0.620. The van der Waals surface area contributed by atoms with Crippen LogP contribution in [0.5, 0.6) is 5.75 Å². The molecule has 0 amide bonds. The highest BCUT2D eigenvalue weighted by Gasteiger charge is 2.21. The number of hydrogen-bond acceptors (Lipinski definition) is 4. The SMILES string of the molecule is CC(C)(N)COc1ccc(-c2c[nH]c3ncccc23)nc1C(F)F. The van der Waals surface area contributed by atoms with E-state index in [1.807, 2.05) is 6.07 Å². The summed E-state index contributed by atoms with van der Waals surface area (Å²) < 4.78 is 32.2. The van der Waals surface area contributed by atoms with Crippen LogP contribution in [0.1, 0.15) is 26.0 Å². The Kier molecular flexibility index (Phi) is 4.19.